The quantitative estimate of drug-likeness (QED) is 0.0954. The number of ether oxygens (including phenoxy) is 2. The fourth-order valence-electron chi connectivity index (χ4n) is 5.84. The zero-order valence-corrected chi connectivity index (χ0v) is 25.9. The van der Waals surface area contributed by atoms with Gasteiger partial charge in [0, 0.05) is 41.2 Å². The highest BCUT2D eigenvalue weighted by atomic mass is 32.2. The molecule has 0 amide bonds. The summed E-state index contributed by atoms with van der Waals surface area (Å²) >= 11 is 1.88. The molecule has 0 bridgehead atoms. The van der Waals surface area contributed by atoms with Crippen LogP contribution in [0.15, 0.2) is 102 Å². The number of hydrogen-bond acceptors (Lipinski definition) is 6. The van der Waals surface area contributed by atoms with Crippen molar-refractivity contribution in [2.45, 2.75) is 75.0 Å². The van der Waals surface area contributed by atoms with E-state index in [0.717, 1.165) is 60.7 Å². The van der Waals surface area contributed by atoms with Crippen LogP contribution in [0.1, 0.15) is 66.7 Å². The number of hydrogen-bond donors (Lipinski definition) is 2. The molecule has 0 radical (unpaired) electrons. The lowest BCUT2D eigenvalue weighted by Crippen LogP contribution is -2.33. The molecule has 2 atom stereocenters. The van der Waals surface area contributed by atoms with Crippen LogP contribution in [-0.2, 0) is 19.6 Å². The monoisotopic (exact) mass is 595 g/mol. The zero-order chi connectivity index (χ0) is 29.5. The standard InChI is InChI=1S/C37H45N3O2S/c38-35-18-16-34-32(33(35)15-9-1-2-10-22-39-25-26-43-31-20-23-40-24-21-31)17-19-36(41-27-29-11-5-3-6-12-29)37(34)42-28-30-13-7-4-8-14-30/h3-8,11-14,17,19-21,23-24,33,35,39H,1-2,9-10,15-16,18,22,25-28,38H2. The molecule has 2 unspecified atom stereocenters. The lowest BCUT2D eigenvalue weighted by Gasteiger charge is -2.33. The molecule has 226 valence electrons. The van der Waals surface area contributed by atoms with Crippen molar-refractivity contribution in [2.75, 3.05) is 18.8 Å². The molecule has 6 heteroatoms. The van der Waals surface area contributed by atoms with Crippen LogP contribution in [0.3, 0.4) is 0 Å². The van der Waals surface area contributed by atoms with E-state index in [0.29, 0.717) is 19.1 Å². The molecule has 3 aromatic carbocycles. The first-order valence-corrected chi connectivity index (χ1v) is 16.7. The predicted molar refractivity (Wildman–Crippen MR) is 178 cm³/mol. The van der Waals surface area contributed by atoms with Gasteiger partial charge in [-0.1, -0.05) is 86.0 Å². The average Bonchev–Trinajstić information content (AvgIpc) is 3.06. The fraction of sp³-hybridized carbons (Fsp3) is 0.378. The average molecular weight is 596 g/mol. The van der Waals surface area contributed by atoms with Crippen molar-refractivity contribution in [1.82, 2.24) is 10.3 Å². The Hall–Kier alpha value is -3.32. The Bertz CT molecular complexity index is 1350. The molecule has 0 fully saturated rings. The van der Waals surface area contributed by atoms with Gasteiger partial charge >= 0.3 is 0 Å². The number of aromatic nitrogens is 1. The van der Waals surface area contributed by atoms with Crippen LogP contribution in [0.5, 0.6) is 11.5 Å². The Kier molecular flexibility index (Phi) is 12.4. The summed E-state index contributed by atoms with van der Waals surface area (Å²) in [6.07, 6.45) is 11.6. The topological polar surface area (TPSA) is 69.4 Å². The Balaban J connectivity index is 1.13. The molecule has 3 N–H and O–H groups in total. The Morgan fingerprint density at radius 2 is 1.47 bits per heavy atom. The molecular weight excluding hydrogens is 550 g/mol. The minimum Gasteiger partial charge on any atom is -0.485 e. The number of rotatable bonds is 17. The van der Waals surface area contributed by atoms with Crippen molar-refractivity contribution < 1.29 is 9.47 Å². The molecule has 0 saturated heterocycles. The van der Waals surface area contributed by atoms with Crippen LogP contribution in [0.4, 0.5) is 0 Å². The fourth-order valence-corrected chi connectivity index (χ4v) is 6.64. The maximum Gasteiger partial charge on any atom is 0.165 e. The number of unbranched alkanes of at least 4 members (excludes halogenated alkanes) is 3. The van der Waals surface area contributed by atoms with Gasteiger partial charge in [-0.25, -0.2) is 0 Å². The number of nitrogens with zero attached hydrogens (tertiary/aromatic N) is 1. The van der Waals surface area contributed by atoms with Gasteiger partial charge in [0.25, 0.3) is 0 Å². The van der Waals surface area contributed by atoms with Gasteiger partial charge in [-0.2, -0.15) is 0 Å². The van der Waals surface area contributed by atoms with Crippen molar-refractivity contribution in [3.8, 4) is 11.5 Å². The van der Waals surface area contributed by atoms with E-state index in [1.165, 1.54) is 41.7 Å². The van der Waals surface area contributed by atoms with Crippen molar-refractivity contribution in [2.24, 2.45) is 5.73 Å². The third-order valence-electron chi connectivity index (χ3n) is 8.18. The largest absolute Gasteiger partial charge is 0.485 e. The normalized spacial score (nSPS) is 16.0. The number of fused-ring (bicyclic) bond motifs is 1. The number of thioether (sulfide) groups is 1. The summed E-state index contributed by atoms with van der Waals surface area (Å²) in [4.78, 5) is 5.36. The molecule has 0 spiro atoms. The van der Waals surface area contributed by atoms with E-state index >= 15 is 0 Å². The lowest BCUT2D eigenvalue weighted by molar-refractivity contribution is 0.251. The van der Waals surface area contributed by atoms with Crippen molar-refractivity contribution in [1.29, 1.82) is 0 Å². The first-order chi connectivity index (χ1) is 21.3. The van der Waals surface area contributed by atoms with Gasteiger partial charge in [-0.3, -0.25) is 4.98 Å². The lowest BCUT2D eigenvalue weighted by atomic mass is 9.76. The van der Waals surface area contributed by atoms with E-state index in [1.807, 2.05) is 48.4 Å². The third kappa shape index (κ3) is 9.59. The van der Waals surface area contributed by atoms with Crippen LogP contribution in [0, 0.1) is 0 Å². The maximum atomic E-state index is 6.75. The Morgan fingerprint density at radius 1 is 0.767 bits per heavy atom. The van der Waals surface area contributed by atoms with Crippen molar-refractivity contribution >= 4 is 11.8 Å². The van der Waals surface area contributed by atoms with E-state index < -0.39 is 0 Å². The van der Waals surface area contributed by atoms with Gasteiger partial charge in [0.1, 0.15) is 13.2 Å². The highest BCUT2D eigenvalue weighted by molar-refractivity contribution is 7.99. The summed E-state index contributed by atoms with van der Waals surface area (Å²) in [6.45, 7) is 3.15. The SMILES string of the molecule is NC1CCc2c(ccc(OCc3ccccc3)c2OCc2ccccc2)C1CCCCCCNCCSc1ccncc1. The van der Waals surface area contributed by atoms with Crippen molar-refractivity contribution in [3.63, 3.8) is 0 Å². The highest BCUT2D eigenvalue weighted by Crippen LogP contribution is 2.44. The van der Waals surface area contributed by atoms with E-state index in [-0.39, 0.29) is 6.04 Å². The minimum absolute atomic E-state index is 0.185. The molecule has 1 aliphatic carbocycles. The molecule has 1 aliphatic rings. The maximum absolute atomic E-state index is 6.75. The molecule has 43 heavy (non-hydrogen) atoms. The van der Waals surface area contributed by atoms with Crippen LogP contribution in [0.2, 0.25) is 0 Å². The molecule has 0 saturated carbocycles. The molecular formula is C37H45N3O2S. The first-order valence-electron chi connectivity index (χ1n) is 15.8. The van der Waals surface area contributed by atoms with Crippen LogP contribution in [-0.4, -0.2) is 29.9 Å². The van der Waals surface area contributed by atoms with E-state index in [4.69, 9.17) is 15.2 Å². The summed E-state index contributed by atoms with van der Waals surface area (Å²) < 4.78 is 12.9. The first kappa shape index (κ1) is 31.1. The summed E-state index contributed by atoms with van der Waals surface area (Å²) in [7, 11) is 0. The number of nitrogens with one attached hydrogen (secondary N) is 1. The highest BCUT2D eigenvalue weighted by Gasteiger charge is 2.30. The van der Waals surface area contributed by atoms with Crippen LogP contribution in [0.25, 0.3) is 0 Å². The van der Waals surface area contributed by atoms with E-state index in [1.54, 1.807) is 0 Å². The summed E-state index contributed by atoms with van der Waals surface area (Å²) in [5, 5.41) is 3.59. The van der Waals surface area contributed by atoms with E-state index in [9.17, 15) is 0 Å². The smallest absolute Gasteiger partial charge is 0.165 e. The van der Waals surface area contributed by atoms with Gasteiger partial charge in [-0.15, -0.1) is 11.8 Å². The molecule has 5 nitrogen and oxygen atoms in total. The Labute approximate surface area is 261 Å². The van der Waals surface area contributed by atoms with Gasteiger partial charge in [-0.05, 0) is 73.0 Å². The second kappa shape index (κ2) is 17.1. The molecule has 4 aromatic rings. The Morgan fingerprint density at radius 3 is 2.21 bits per heavy atom. The number of nitrogens with two attached hydrogens (primary N) is 1. The summed E-state index contributed by atoms with van der Waals surface area (Å²) in [5.74, 6) is 3.15. The zero-order valence-electron chi connectivity index (χ0n) is 25.1. The molecule has 1 heterocycles. The third-order valence-corrected chi connectivity index (χ3v) is 9.20. The van der Waals surface area contributed by atoms with Crippen LogP contribution < -0.4 is 20.5 Å². The molecule has 0 aliphatic heterocycles. The number of benzene rings is 3. The number of pyridine rings is 1. The summed E-state index contributed by atoms with van der Waals surface area (Å²) in [5.41, 5.74) is 11.7. The van der Waals surface area contributed by atoms with Gasteiger partial charge in [0.05, 0.1) is 0 Å². The molecule has 5 rings (SSSR count). The van der Waals surface area contributed by atoms with E-state index in [2.05, 4.69) is 71.0 Å². The predicted octanol–water partition coefficient (Wildman–Crippen LogP) is 7.93. The van der Waals surface area contributed by atoms with Crippen molar-refractivity contribution in [3.05, 3.63) is 120 Å². The van der Waals surface area contributed by atoms with Crippen LogP contribution >= 0.6 is 11.8 Å². The van der Waals surface area contributed by atoms with Gasteiger partial charge < -0.3 is 20.5 Å². The minimum atomic E-state index is 0.185. The van der Waals surface area contributed by atoms with Gasteiger partial charge in [0.2, 0.25) is 0 Å². The second-order valence-corrected chi connectivity index (χ2v) is 12.5. The van der Waals surface area contributed by atoms with Gasteiger partial charge in [0.15, 0.2) is 11.5 Å². The molecule has 1 aromatic heterocycles. The summed E-state index contributed by atoms with van der Waals surface area (Å²) in [6, 6.07) is 29.4. The second-order valence-electron chi connectivity index (χ2n) is 11.3.